The first-order valence-electron chi connectivity index (χ1n) is 7.05. The van der Waals surface area contributed by atoms with Crippen molar-refractivity contribution in [3.05, 3.63) is 60.4 Å². The summed E-state index contributed by atoms with van der Waals surface area (Å²) < 4.78 is 0. The van der Waals surface area contributed by atoms with E-state index in [2.05, 4.69) is 23.3 Å². The van der Waals surface area contributed by atoms with Gasteiger partial charge in [0.1, 0.15) is 5.54 Å². The summed E-state index contributed by atoms with van der Waals surface area (Å²) in [5.74, 6) is 0.664. The average Bonchev–Trinajstić information content (AvgIpc) is 2.57. The van der Waals surface area contributed by atoms with Gasteiger partial charge in [0.2, 0.25) is 0 Å². The molecule has 1 unspecified atom stereocenters. The molecule has 1 aromatic carbocycles. The van der Waals surface area contributed by atoms with Crippen molar-refractivity contribution in [2.24, 2.45) is 0 Å². The molecule has 0 radical (unpaired) electrons. The molecular formula is C17H19N3S. The van der Waals surface area contributed by atoms with E-state index in [9.17, 15) is 5.26 Å². The van der Waals surface area contributed by atoms with E-state index in [0.29, 0.717) is 5.75 Å². The Bertz CT molecular complexity index is 580. The van der Waals surface area contributed by atoms with Crippen molar-refractivity contribution in [3.63, 3.8) is 0 Å². The second-order valence-corrected chi connectivity index (χ2v) is 5.83. The molecule has 1 heterocycles. The van der Waals surface area contributed by atoms with Crippen LogP contribution in [0.5, 0.6) is 0 Å². The van der Waals surface area contributed by atoms with Gasteiger partial charge in [-0.1, -0.05) is 37.3 Å². The predicted molar refractivity (Wildman–Crippen MR) is 87.0 cm³/mol. The number of nitrogens with zero attached hydrogens (tertiary/aromatic N) is 2. The number of nitriles is 1. The minimum Gasteiger partial charge on any atom is -0.295 e. The Morgan fingerprint density at radius 1 is 1.19 bits per heavy atom. The topological polar surface area (TPSA) is 48.7 Å². The fraction of sp³-hybridized carbons (Fsp3) is 0.294. The van der Waals surface area contributed by atoms with E-state index >= 15 is 0 Å². The van der Waals surface area contributed by atoms with Gasteiger partial charge in [-0.25, -0.2) is 0 Å². The van der Waals surface area contributed by atoms with Gasteiger partial charge in [0.25, 0.3) is 0 Å². The number of nitrogens with one attached hydrogen (secondary N) is 1. The molecule has 1 N–H and O–H groups in total. The van der Waals surface area contributed by atoms with Crippen LogP contribution in [-0.4, -0.2) is 17.3 Å². The first-order valence-corrected chi connectivity index (χ1v) is 8.04. The highest BCUT2D eigenvalue weighted by Gasteiger charge is 2.31. The fourth-order valence-corrected chi connectivity index (χ4v) is 3.09. The molecule has 108 valence electrons. The molecule has 2 rings (SSSR count). The average molecular weight is 297 g/mol. The SMILES string of the molecule is CCCNC(C#N)(CSc1ccncc1)c1ccccc1. The lowest BCUT2D eigenvalue weighted by Gasteiger charge is -2.28. The van der Waals surface area contributed by atoms with Crippen LogP contribution < -0.4 is 5.32 Å². The number of benzene rings is 1. The molecule has 3 nitrogen and oxygen atoms in total. The summed E-state index contributed by atoms with van der Waals surface area (Å²) in [7, 11) is 0. The summed E-state index contributed by atoms with van der Waals surface area (Å²) in [6, 6.07) is 16.4. The summed E-state index contributed by atoms with van der Waals surface area (Å²) in [6.07, 6.45) is 4.55. The second-order valence-electron chi connectivity index (χ2n) is 4.78. The number of hydrogen-bond acceptors (Lipinski definition) is 4. The molecule has 0 spiro atoms. The van der Waals surface area contributed by atoms with Crippen LogP contribution in [0.2, 0.25) is 0 Å². The van der Waals surface area contributed by atoms with E-state index in [1.165, 1.54) is 0 Å². The van der Waals surface area contributed by atoms with Crippen LogP contribution in [0.1, 0.15) is 18.9 Å². The van der Waals surface area contributed by atoms with Crippen LogP contribution >= 0.6 is 11.8 Å². The Morgan fingerprint density at radius 3 is 2.52 bits per heavy atom. The molecule has 1 atom stereocenters. The summed E-state index contributed by atoms with van der Waals surface area (Å²) in [5, 5.41) is 13.2. The number of aromatic nitrogens is 1. The maximum atomic E-state index is 9.80. The van der Waals surface area contributed by atoms with Crippen molar-refractivity contribution in [3.8, 4) is 6.07 Å². The Hall–Kier alpha value is -1.83. The Balaban J connectivity index is 2.21. The van der Waals surface area contributed by atoms with Crippen LogP contribution in [-0.2, 0) is 5.54 Å². The Morgan fingerprint density at radius 2 is 1.90 bits per heavy atom. The van der Waals surface area contributed by atoms with Crippen LogP contribution in [0.3, 0.4) is 0 Å². The van der Waals surface area contributed by atoms with E-state index in [1.807, 2.05) is 42.5 Å². The first-order chi connectivity index (χ1) is 10.3. The van der Waals surface area contributed by atoms with Gasteiger partial charge >= 0.3 is 0 Å². The van der Waals surface area contributed by atoms with Crippen molar-refractivity contribution in [1.82, 2.24) is 10.3 Å². The normalized spacial score (nSPS) is 13.3. The fourth-order valence-electron chi connectivity index (χ4n) is 2.06. The van der Waals surface area contributed by atoms with Crippen molar-refractivity contribution < 1.29 is 0 Å². The molecule has 21 heavy (non-hydrogen) atoms. The predicted octanol–water partition coefficient (Wildman–Crippen LogP) is 3.59. The molecule has 0 aliphatic heterocycles. The quantitative estimate of drug-likeness (QED) is 0.793. The highest BCUT2D eigenvalue weighted by molar-refractivity contribution is 7.99. The van der Waals surface area contributed by atoms with Crippen molar-refractivity contribution in [2.45, 2.75) is 23.8 Å². The van der Waals surface area contributed by atoms with Gasteiger partial charge in [-0.3, -0.25) is 10.3 Å². The largest absolute Gasteiger partial charge is 0.295 e. The third kappa shape index (κ3) is 4.07. The molecule has 0 bridgehead atoms. The van der Waals surface area contributed by atoms with Crippen molar-refractivity contribution in [2.75, 3.05) is 12.3 Å². The number of thioether (sulfide) groups is 1. The van der Waals surface area contributed by atoms with E-state index in [0.717, 1.165) is 23.4 Å². The molecule has 0 fully saturated rings. The van der Waals surface area contributed by atoms with Crippen LogP contribution in [0.4, 0.5) is 0 Å². The number of hydrogen-bond donors (Lipinski definition) is 1. The van der Waals surface area contributed by atoms with E-state index < -0.39 is 5.54 Å². The minimum atomic E-state index is -0.662. The lowest BCUT2D eigenvalue weighted by atomic mass is 9.93. The maximum absolute atomic E-state index is 9.80. The van der Waals surface area contributed by atoms with Crippen LogP contribution in [0.25, 0.3) is 0 Å². The molecule has 0 saturated carbocycles. The van der Waals surface area contributed by atoms with E-state index in [4.69, 9.17) is 0 Å². The van der Waals surface area contributed by atoms with Crippen LogP contribution in [0.15, 0.2) is 59.8 Å². The third-order valence-corrected chi connectivity index (χ3v) is 4.42. The van der Waals surface area contributed by atoms with Gasteiger partial charge < -0.3 is 0 Å². The van der Waals surface area contributed by atoms with E-state index in [-0.39, 0.29) is 0 Å². The Labute approximate surface area is 130 Å². The monoisotopic (exact) mass is 297 g/mol. The van der Waals surface area contributed by atoms with Crippen molar-refractivity contribution in [1.29, 1.82) is 5.26 Å². The zero-order valence-electron chi connectivity index (χ0n) is 12.1. The smallest absolute Gasteiger partial charge is 0.141 e. The maximum Gasteiger partial charge on any atom is 0.141 e. The van der Waals surface area contributed by atoms with E-state index in [1.54, 1.807) is 24.2 Å². The summed E-state index contributed by atoms with van der Waals surface area (Å²) in [6.45, 7) is 2.93. The molecule has 0 aliphatic rings. The van der Waals surface area contributed by atoms with Gasteiger partial charge in [-0.2, -0.15) is 5.26 Å². The molecule has 4 heteroatoms. The minimum absolute atomic E-state index is 0.662. The highest BCUT2D eigenvalue weighted by atomic mass is 32.2. The standard InChI is InChI=1S/C17H19N3S/c1-2-10-20-17(13-18,15-6-4-3-5-7-15)14-21-16-8-11-19-12-9-16/h3-9,11-12,20H,2,10,14H2,1H3. The molecule has 0 saturated heterocycles. The molecule has 0 amide bonds. The first kappa shape index (κ1) is 15.6. The van der Waals surface area contributed by atoms with Gasteiger partial charge in [-0.15, -0.1) is 11.8 Å². The lowest BCUT2D eigenvalue weighted by Crippen LogP contribution is -2.43. The third-order valence-electron chi connectivity index (χ3n) is 3.24. The molecule has 1 aromatic heterocycles. The highest BCUT2D eigenvalue weighted by Crippen LogP contribution is 2.29. The van der Waals surface area contributed by atoms with Gasteiger partial charge in [0, 0.05) is 23.0 Å². The zero-order chi connectivity index (χ0) is 15.0. The molecule has 2 aromatic rings. The van der Waals surface area contributed by atoms with Gasteiger partial charge in [0.05, 0.1) is 6.07 Å². The molecular weight excluding hydrogens is 278 g/mol. The zero-order valence-corrected chi connectivity index (χ0v) is 12.9. The number of rotatable bonds is 7. The molecule has 0 aliphatic carbocycles. The number of pyridine rings is 1. The second kappa shape index (κ2) is 7.82. The van der Waals surface area contributed by atoms with Gasteiger partial charge in [-0.05, 0) is 30.7 Å². The summed E-state index contributed by atoms with van der Waals surface area (Å²) in [5.41, 5.74) is 0.355. The summed E-state index contributed by atoms with van der Waals surface area (Å²) >= 11 is 1.67. The van der Waals surface area contributed by atoms with Gasteiger partial charge in [0.15, 0.2) is 0 Å². The van der Waals surface area contributed by atoms with Crippen LogP contribution in [0, 0.1) is 11.3 Å². The summed E-state index contributed by atoms with van der Waals surface area (Å²) in [4.78, 5) is 5.15. The Kier molecular flexibility index (Phi) is 5.79. The van der Waals surface area contributed by atoms with Crippen molar-refractivity contribution >= 4 is 11.8 Å². The lowest BCUT2D eigenvalue weighted by molar-refractivity contribution is 0.474.